The summed E-state index contributed by atoms with van der Waals surface area (Å²) in [5.74, 6) is 0.799. The van der Waals surface area contributed by atoms with Gasteiger partial charge < -0.3 is 16.0 Å². The molecular formula is C25H30N6. The molecule has 0 radical (unpaired) electrons. The highest BCUT2D eigenvalue weighted by molar-refractivity contribution is 5.82. The van der Waals surface area contributed by atoms with Gasteiger partial charge in [0.15, 0.2) is 0 Å². The molecule has 0 atom stereocenters. The normalized spacial score (nSPS) is 11.3. The lowest BCUT2D eigenvalue weighted by Gasteiger charge is -2.21. The Bertz CT molecular complexity index is 1020. The van der Waals surface area contributed by atoms with Gasteiger partial charge >= 0.3 is 0 Å². The highest BCUT2D eigenvalue weighted by atomic mass is 15.5. The minimum atomic E-state index is 0.799. The summed E-state index contributed by atoms with van der Waals surface area (Å²) < 4.78 is 0. The van der Waals surface area contributed by atoms with Crippen molar-refractivity contribution in [2.45, 2.75) is 6.92 Å². The van der Waals surface area contributed by atoms with Gasteiger partial charge in [0.2, 0.25) is 0 Å². The van der Waals surface area contributed by atoms with Gasteiger partial charge in [0, 0.05) is 50.1 Å². The van der Waals surface area contributed by atoms with E-state index < -0.39 is 0 Å². The zero-order chi connectivity index (χ0) is 22.1. The number of hydrogen-bond acceptors (Lipinski definition) is 5. The molecule has 3 aromatic rings. The van der Waals surface area contributed by atoms with E-state index in [1.807, 2.05) is 69.5 Å². The van der Waals surface area contributed by atoms with Gasteiger partial charge in [0.05, 0.1) is 5.69 Å². The molecule has 3 aromatic carbocycles. The first-order valence-electron chi connectivity index (χ1n) is 10.2. The zero-order valence-corrected chi connectivity index (χ0v) is 18.5. The van der Waals surface area contributed by atoms with Gasteiger partial charge in [0.25, 0.3) is 0 Å². The van der Waals surface area contributed by atoms with Crippen LogP contribution in [0.4, 0.5) is 28.4 Å². The second-order valence-electron chi connectivity index (χ2n) is 7.04. The quantitative estimate of drug-likeness (QED) is 0.221. The molecule has 0 spiro atoms. The highest BCUT2D eigenvalue weighted by Crippen LogP contribution is 2.21. The molecule has 0 bridgehead atoms. The number of rotatable bonds is 8. The number of aliphatic imine (C=N–C) groups is 1. The van der Waals surface area contributed by atoms with Crippen molar-refractivity contribution < 1.29 is 0 Å². The van der Waals surface area contributed by atoms with Gasteiger partial charge in [-0.15, -0.1) is 0 Å². The summed E-state index contributed by atoms with van der Waals surface area (Å²) in [6, 6.07) is 24.5. The SMILES string of the molecule is CNc1ccc(Nc2ccc(N(C)NC(C)=N/C=C\c3ccccc3NC)cc2)cc1. The van der Waals surface area contributed by atoms with Crippen molar-refractivity contribution in [3.05, 3.63) is 84.6 Å². The summed E-state index contributed by atoms with van der Waals surface area (Å²) in [5, 5.41) is 11.7. The van der Waals surface area contributed by atoms with Crippen molar-refractivity contribution in [2.24, 2.45) is 4.99 Å². The van der Waals surface area contributed by atoms with E-state index in [2.05, 4.69) is 68.8 Å². The third kappa shape index (κ3) is 6.27. The predicted octanol–water partition coefficient (Wildman–Crippen LogP) is 5.54. The van der Waals surface area contributed by atoms with Gasteiger partial charge in [-0.05, 0) is 73.2 Å². The van der Waals surface area contributed by atoms with Crippen LogP contribution in [0.25, 0.3) is 6.08 Å². The molecule has 4 N–H and O–H groups in total. The van der Waals surface area contributed by atoms with Crippen LogP contribution in [-0.2, 0) is 0 Å². The van der Waals surface area contributed by atoms with Crippen LogP contribution in [0.1, 0.15) is 12.5 Å². The lowest BCUT2D eigenvalue weighted by Crippen LogP contribution is -2.37. The van der Waals surface area contributed by atoms with E-state index in [0.717, 1.165) is 39.8 Å². The molecule has 0 fully saturated rings. The molecule has 0 aliphatic rings. The van der Waals surface area contributed by atoms with Crippen molar-refractivity contribution >= 4 is 40.3 Å². The van der Waals surface area contributed by atoms with E-state index in [0.29, 0.717) is 0 Å². The fraction of sp³-hybridized carbons (Fsp3) is 0.160. The molecule has 0 unspecified atom stereocenters. The Hall–Kier alpha value is -3.93. The van der Waals surface area contributed by atoms with Crippen molar-refractivity contribution in [1.29, 1.82) is 0 Å². The molecule has 0 aromatic heterocycles. The van der Waals surface area contributed by atoms with Crippen LogP contribution >= 0.6 is 0 Å². The van der Waals surface area contributed by atoms with Crippen LogP contribution in [0.3, 0.4) is 0 Å². The molecule has 0 amide bonds. The van der Waals surface area contributed by atoms with E-state index >= 15 is 0 Å². The van der Waals surface area contributed by atoms with Crippen molar-refractivity contribution in [2.75, 3.05) is 42.1 Å². The van der Waals surface area contributed by atoms with Gasteiger partial charge in [0.1, 0.15) is 5.84 Å². The van der Waals surface area contributed by atoms with E-state index in [9.17, 15) is 0 Å². The smallest absolute Gasteiger partial charge is 0.117 e. The summed E-state index contributed by atoms with van der Waals surface area (Å²) in [7, 11) is 5.80. The Kier molecular flexibility index (Phi) is 7.54. The lowest BCUT2D eigenvalue weighted by molar-refractivity contribution is 0.874. The number of amidine groups is 1. The van der Waals surface area contributed by atoms with Gasteiger partial charge in [-0.25, -0.2) is 4.99 Å². The number of anilines is 5. The molecule has 31 heavy (non-hydrogen) atoms. The van der Waals surface area contributed by atoms with Crippen molar-refractivity contribution in [3.63, 3.8) is 0 Å². The number of nitrogens with zero attached hydrogens (tertiary/aromatic N) is 2. The minimum absolute atomic E-state index is 0.799. The fourth-order valence-electron chi connectivity index (χ4n) is 3.09. The molecule has 3 rings (SSSR count). The largest absolute Gasteiger partial charge is 0.388 e. The Balaban J connectivity index is 1.57. The van der Waals surface area contributed by atoms with Crippen molar-refractivity contribution in [1.82, 2.24) is 5.43 Å². The number of benzene rings is 3. The molecule has 0 saturated heterocycles. The Morgan fingerprint density at radius 1 is 0.806 bits per heavy atom. The molecular weight excluding hydrogens is 384 g/mol. The fourth-order valence-corrected chi connectivity index (χ4v) is 3.09. The van der Waals surface area contributed by atoms with Gasteiger partial charge in [-0.1, -0.05) is 18.2 Å². The maximum atomic E-state index is 4.49. The summed E-state index contributed by atoms with van der Waals surface area (Å²) >= 11 is 0. The second-order valence-corrected chi connectivity index (χ2v) is 7.04. The molecule has 0 aliphatic carbocycles. The summed E-state index contributed by atoms with van der Waals surface area (Å²) in [6.07, 6.45) is 3.79. The van der Waals surface area contributed by atoms with Crippen LogP contribution in [0, 0.1) is 0 Å². The van der Waals surface area contributed by atoms with Crippen molar-refractivity contribution in [3.8, 4) is 0 Å². The Morgan fingerprint density at radius 2 is 1.42 bits per heavy atom. The van der Waals surface area contributed by atoms with Gasteiger partial charge in [-0.3, -0.25) is 10.4 Å². The third-order valence-electron chi connectivity index (χ3n) is 4.80. The third-order valence-corrected chi connectivity index (χ3v) is 4.80. The maximum Gasteiger partial charge on any atom is 0.117 e. The van der Waals surface area contributed by atoms with Crippen LogP contribution in [-0.4, -0.2) is 27.0 Å². The summed E-state index contributed by atoms with van der Waals surface area (Å²) in [5.41, 5.74) is 9.66. The van der Waals surface area contributed by atoms with Crippen LogP contribution in [0.2, 0.25) is 0 Å². The van der Waals surface area contributed by atoms with Crippen LogP contribution in [0.5, 0.6) is 0 Å². The lowest BCUT2D eigenvalue weighted by atomic mass is 10.2. The molecule has 6 nitrogen and oxygen atoms in total. The predicted molar refractivity (Wildman–Crippen MR) is 135 cm³/mol. The topological polar surface area (TPSA) is 63.7 Å². The zero-order valence-electron chi connectivity index (χ0n) is 18.5. The number of nitrogens with one attached hydrogen (secondary N) is 4. The van der Waals surface area contributed by atoms with Gasteiger partial charge in [-0.2, -0.15) is 0 Å². The second kappa shape index (κ2) is 10.7. The minimum Gasteiger partial charge on any atom is -0.388 e. The standard InChI is InChI=1S/C25H30N6/c1-19(28-18-17-20-7-5-6-8-25(20)27-3)30-31(4)24-15-13-23(14-16-24)29-22-11-9-21(26-2)10-12-22/h5-18,26-27,29H,1-4H3,(H,28,30)/b18-17-. The summed E-state index contributed by atoms with van der Waals surface area (Å²) in [6.45, 7) is 1.94. The molecule has 0 saturated carbocycles. The Labute approximate surface area is 184 Å². The number of para-hydroxylation sites is 1. The average molecular weight is 415 g/mol. The number of hydrazine groups is 1. The molecule has 160 valence electrons. The van der Waals surface area contributed by atoms with E-state index in [1.54, 1.807) is 6.20 Å². The first kappa shape index (κ1) is 21.8. The average Bonchev–Trinajstić information content (AvgIpc) is 2.80. The maximum absolute atomic E-state index is 4.49. The molecule has 6 heteroatoms. The van der Waals surface area contributed by atoms with Crippen LogP contribution < -0.4 is 26.4 Å². The number of hydrogen-bond donors (Lipinski definition) is 4. The van der Waals surface area contributed by atoms with E-state index in [4.69, 9.17) is 0 Å². The monoisotopic (exact) mass is 414 g/mol. The first-order valence-corrected chi connectivity index (χ1v) is 10.2. The van der Waals surface area contributed by atoms with E-state index in [1.165, 1.54) is 0 Å². The molecule has 0 heterocycles. The summed E-state index contributed by atoms with van der Waals surface area (Å²) in [4.78, 5) is 4.49. The highest BCUT2D eigenvalue weighted by Gasteiger charge is 2.02. The molecule has 0 aliphatic heterocycles. The first-order chi connectivity index (χ1) is 15.1. The van der Waals surface area contributed by atoms with Crippen LogP contribution in [0.15, 0.2) is 84.0 Å². The van der Waals surface area contributed by atoms with E-state index in [-0.39, 0.29) is 0 Å². The Morgan fingerprint density at radius 3 is 2.06 bits per heavy atom.